The van der Waals surface area contributed by atoms with Crippen molar-refractivity contribution in [3.63, 3.8) is 0 Å². The van der Waals surface area contributed by atoms with E-state index in [4.69, 9.17) is 4.99 Å². The summed E-state index contributed by atoms with van der Waals surface area (Å²) in [4.78, 5) is 11.1. The Morgan fingerprint density at radius 2 is 1.86 bits per heavy atom. The molecule has 0 aliphatic carbocycles. The zero-order chi connectivity index (χ0) is 20.8. The molecule has 0 radical (unpaired) electrons. The summed E-state index contributed by atoms with van der Waals surface area (Å²) in [6.07, 6.45) is 5.21. The van der Waals surface area contributed by atoms with Crippen molar-refractivity contribution >= 4 is 34.3 Å². The van der Waals surface area contributed by atoms with E-state index >= 15 is 0 Å². The van der Waals surface area contributed by atoms with E-state index in [1.807, 2.05) is 24.0 Å². The summed E-state index contributed by atoms with van der Waals surface area (Å²) in [5.41, 5.74) is 6.40. The van der Waals surface area contributed by atoms with Gasteiger partial charge in [-0.25, -0.2) is 9.98 Å². The monoisotopic (exact) mass is 422 g/mol. The summed E-state index contributed by atoms with van der Waals surface area (Å²) in [5, 5.41) is 4.43. The largest absolute Gasteiger partial charge is 0.250 e. The highest BCUT2D eigenvalue weighted by Gasteiger charge is 2.26. The van der Waals surface area contributed by atoms with Crippen LogP contribution >= 0.6 is 23.5 Å². The number of aryl methyl sites for hydroxylation is 2. The molecule has 1 unspecified atom stereocenters. The fourth-order valence-corrected chi connectivity index (χ4v) is 5.93. The summed E-state index contributed by atoms with van der Waals surface area (Å²) in [6.45, 7) is 11.1. The van der Waals surface area contributed by atoms with Gasteiger partial charge < -0.3 is 0 Å². The van der Waals surface area contributed by atoms with Gasteiger partial charge in [-0.15, -0.1) is 0 Å². The van der Waals surface area contributed by atoms with Crippen LogP contribution in [0.15, 0.2) is 74.1 Å². The van der Waals surface area contributed by atoms with Gasteiger partial charge in [-0.3, -0.25) is 0 Å². The van der Waals surface area contributed by atoms with Gasteiger partial charge in [-0.1, -0.05) is 67.6 Å². The number of thioether (sulfide) groups is 2. The van der Waals surface area contributed by atoms with Gasteiger partial charge in [0, 0.05) is 6.20 Å². The van der Waals surface area contributed by atoms with Gasteiger partial charge in [-0.05, 0) is 84.7 Å². The van der Waals surface area contributed by atoms with E-state index in [9.17, 15) is 0 Å². The molecule has 2 heterocycles. The molecule has 2 nitrogen and oxygen atoms in total. The van der Waals surface area contributed by atoms with E-state index in [0.717, 1.165) is 35.0 Å². The lowest BCUT2D eigenvalue weighted by atomic mass is 9.96. The molecule has 3 rings (SSSR count). The van der Waals surface area contributed by atoms with Crippen molar-refractivity contribution in [1.82, 2.24) is 4.98 Å². The highest BCUT2D eigenvalue weighted by atomic mass is 32.2. The van der Waals surface area contributed by atoms with Crippen LogP contribution in [0.25, 0.3) is 0 Å². The molecule has 29 heavy (non-hydrogen) atoms. The molecule has 4 heteroatoms. The van der Waals surface area contributed by atoms with Crippen LogP contribution in [0.4, 0.5) is 5.69 Å². The van der Waals surface area contributed by atoms with E-state index in [1.54, 1.807) is 17.3 Å². The first kappa shape index (κ1) is 21.9. The van der Waals surface area contributed by atoms with E-state index < -0.39 is 0 Å². The molecule has 0 N–H and O–H groups in total. The van der Waals surface area contributed by atoms with Gasteiger partial charge in [0.1, 0.15) is 10.1 Å². The minimum Gasteiger partial charge on any atom is -0.250 e. The van der Waals surface area contributed by atoms with Crippen LogP contribution in [-0.2, 0) is 0 Å². The smallest absolute Gasteiger partial charge is 0.105 e. The number of hydrogen-bond acceptors (Lipinski definition) is 4. The number of pyridine rings is 1. The second-order valence-electron chi connectivity index (χ2n) is 7.56. The number of aromatic nitrogens is 1. The molecule has 1 aliphatic heterocycles. The van der Waals surface area contributed by atoms with Crippen molar-refractivity contribution < 1.29 is 0 Å². The van der Waals surface area contributed by atoms with Crippen LogP contribution in [0.1, 0.15) is 51.2 Å². The first-order valence-electron chi connectivity index (χ1n) is 10.3. The van der Waals surface area contributed by atoms with Gasteiger partial charge in [0.05, 0.1) is 5.69 Å². The molecular formula is C25H30N2S2. The van der Waals surface area contributed by atoms with Crippen LogP contribution in [0, 0.1) is 19.8 Å². The normalized spacial score (nSPS) is 19.8. The number of aliphatic imine (C=N–C) groups is 1. The van der Waals surface area contributed by atoms with Gasteiger partial charge in [0.25, 0.3) is 0 Å². The third-order valence-corrected chi connectivity index (χ3v) is 7.26. The van der Waals surface area contributed by atoms with Gasteiger partial charge >= 0.3 is 0 Å². The van der Waals surface area contributed by atoms with Gasteiger partial charge in [-0.2, -0.15) is 0 Å². The van der Waals surface area contributed by atoms with E-state index in [0.29, 0.717) is 5.92 Å². The molecule has 0 spiro atoms. The summed E-state index contributed by atoms with van der Waals surface area (Å²) in [6, 6.07) is 12.7. The first-order chi connectivity index (χ1) is 14.0. The van der Waals surface area contributed by atoms with E-state index in [1.165, 1.54) is 21.6 Å². The molecule has 1 aliphatic rings. The van der Waals surface area contributed by atoms with Crippen LogP contribution in [0.5, 0.6) is 0 Å². The molecule has 1 aromatic heterocycles. The minimum atomic E-state index is 0.445. The van der Waals surface area contributed by atoms with Crippen LogP contribution in [-0.4, -0.2) is 10.0 Å². The van der Waals surface area contributed by atoms with Crippen LogP contribution < -0.4 is 0 Å². The Hall–Kier alpha value is -1.78. The van der Waals surface area contributed by atoms with Crippen LogP contribution in [0.2, 0.25) is 0 Å². The molecule has 1 saturated heterocycles. The van der Waals surface area contributed by atoms with Gasteiger partial charge in [0.15, 0.2) is 0 Å². The van der Waals surface area contributed by atoms with Crippen molar-refractivity contribution in [3.8, 4) is 0 Å². The lowest BCUT2D eigenvalue weighted by Gasteiger charge is -2.27. The lowest BCUT2D eigenvalue weighted by molar-refractivity contribution is 0.704. The Labute approximate surface area is 184 Å². The predicted molar refractivity (Wildman–Crippen MR) is 130 cm³/mol. The fraction of sp³-hybridized carbons (Fsp3) is 0.360. The zero-order valence-corrected chi connectivity index (χ0v) is 19.7. The second kappa shape index (κ2) is 10.3. The van der Waals surface area contributed by atoms with Crippen LogP contribution in [0.3, 0.4) is 0 Å². The fourth-order valence-electron chi connectivity index (χ4n) is 3.36. The quantitative estimate of drug-likeness (QED) is 0.453. The van der Waals surface area contributed by atoms with Crippen molar-refractivity contribution in [2.75, 3.05) is 0 Å². The number of nitrogens with zero attached hydrogens (tertiary/aromatic N) is 2. The average Bonchev–Trinajstić information content (AvgIpc) is 2.70. The van der Waals surface area contributed by atoms with Crippen molar-refractivity contribution in [2.45, 2.75) is 58.9 Å². The molecular weight excluding hydrogens is 392 g/mol. The summed E-state index contributed by atoms with van der Waals surface area (Å²) in [5.74, 6) is 0.445. The zero-order valence-electron chi connectivity index (χ0n) is 18.0. The van der Waals surface area contributed by atoms with E-state index in [2.05, 4.69) is 75.3 Å². The Morgan fingerprint density at radius 3 is 2.52 bits per heavy atom. The number of hydrogen-bond donors (Lipinski definition) is 0. The molecule has 0 saturated carbocycles. The molecule has 2 aromatic rings. The Kier molecular flexibility index (Phi) is 7.79. The van der Waals surface area contributed by atoms with E-state index in [-0.39, 0.29) is 0 Å². The molecule has 152 valence electrons. The third-order valence-electron chi connectivity index (χ3n) is 5.20. The Balaban J connectivity index is 1.98. The van der Waals surface area contributed by atoms with Crippen molar-refractivity contribution in [2.24, 2.45) is 10.9 Å². The second-order valence-corrected chi connectivity index (χ2v) is 9.53. The maximum atomic E-state index is 5.07. The summed E-state index contributed by atoms with van der Waals surface area (Å²) < 4.78 is 0. The predicted octanol–water partition coefficient (Wildman–Crippen LogP) is 8.25. The number of benzene rings is 1. The Bertz CT molecular complexity index is 934. The molecule has 1 aromatic carbocycles. The molecule has 1 atom stereocenters. The van der Waals surface area contributed by atoms with Crippen molar-refractivity contribution in [3.05, 3.63) is 75.2 Å². The Morgan fingerprint density at radius 1 is 1.14 bits per heavy atom. The molecule has 1 fully saturated rings. The maximum Gasteiger partial charge on any atom is 0.105 e. The average molecular weight is 423 g/mol. The number of allylic oxidation sites excluding steroid dienone is 2. The van der Waals surface area contributed by atoms with Gasteiger partial charge in [0.2, 0.25) is 0 Å². The molecule has 0 bridgehead atoms. The summed E-state index contributed by atoms with van der Waals surface area (Å²) in [7, 11) is 0. The maximum absolute atomic E-state index is 5.07. The minimum absolute atomic E-state index is 0.445. The summed E-state index contributed by atoms with van der Waals surface area (Å²) >= 11 is 3.56. The highest BCUT2D eigenvalue weighted by molar-refractivity contribution is 8.17. The number of rotatable bonds is 5. The first-order valence-corrected chi connectivity index (χ1v) is 12.0. The SMILES string of the molecule is CCC(CC)=C1CC(C)/C(=C\Sc2cc(C)ccn2)C(=Nc2ccc(C)cc2)S1. The third kappa shape index (κ3) is 5.86. The standard InChI is InChI=1S/C25H30N2S2/c1-6-20(7-2)23-15-19(5)22(16-28-24-14-18(4)12-13-26-24)25(29-23)27-21-10-8-17(3)9-11-21/h8-14,16,19H,6-7,15H2,1-5H3/b22-16+,27-25?. The van der Waals surface area contributed by atoms with Crippen molar-refractivity contribution in [1.29, 1.82) is 0 Å². The lowest BCUT2D eigenvalue weighted by Crippen LogP contribution is -2.15. The highest BCUT2D eigenvalue weighted by Crippen LogP contribution is 2.43. The topological polar surface area (TPSA) is 25.2 Å². The molecule has 0 amide bonds.